The maximum Gasteiger partial charge on any atom is 0.119 e. The number of aromatic nitrogens is 2. The number of nitrogens with one attached hydrogen (secondary N) is 2. The molecule has 0 bridgehead atoms. The predicted octanol–water partition coefficient (Wildman–Crippen LogP) is 3.42. The molecule has 3 aromatic rings. The van der Waals surface area contributed by atoms with Gasteiger partial charge in [0.15, 0.2) is 0 Å². The predicted molar refractivity (Wildman–Crippen MR) is 89.0 cm³/mol. The third-order valence-electron chi connectivity index (χ3n) is 3.80. The molecule has 3 rings (SSSR count). The van der Waals surface area contributed by atoms with Gasteiger partial charge in [0, 0.05) is 35.9 Å². The molecule has 114 valence electrons. The van der Waals surface area contributed by atoms with Gasteiger partial charge in [-0.2, -0.15) is 0 Å². The summed E-state index contributed by atoms with van der Waals surface area (Å²) in [6.45, 7) is 3.69. The first-order valence-electron chi connectivity index (χ1n) is 7.58. The first-order chi connectivity index (χ1) is 10.8. The van der Waals surface area contributed by atoms with Crippen LogP contribution in [0.2, 0.25) is 0 Å². The molecule has 0 saturated heterocycles. The van der Waals surface area contributed by atoms with Gasteiger partial charge in [0.1, 0.15) is 5.75 Å². The van der Waals surface area contributed by atoms with Crippen LogP contribution in [-0.4, -0.2) is 17.1 Å². The number of H-pyrrole nitrogens is 1. The number of aromatic amines is 1. The standard InChI is InChI=1S/C18H21N3O/c1-3-13-4-5-15(20-10-13)11-19-12-16-8-14-9-17(22-2)6-7-18(14)21-16/h4-10,19,21H,3,11-12H2,1-2H3. The Balaban J connectivity index is 1.61. The summed E-state index contributed by atoms with van der Waals surface area (Å²) in [5, 5.41) is 4.59. The summed E-state index contributed by atoms with van der Waals surface area (Å²) < 4.78 is 5.25. The van der Waals surface area contributed by atoms with Crippen molar-refractivity contribution < 1.29 is 4.74 Å². The molecule has 22 heavy (non-hydrogen) atoms. The lowest BCUT2D eigenvalue weighted by atomic mass is 10.2. The van der Waals surface area contributed by atoms with Gasteiger partial charge in [0.2, 0.25) is 0 Å². The van der Waals surface area contributed by atoms with E-state index in [1.165, 1.54) is 10.9 Å². The van der Waals surface area contributed by atoms with E-state index in [9.17, 15) is 0 Å². The highest BCUT2D eigenvalue weighted by Gasteiger charge is 2.02. The van der Waals surface area contributed by atoms with E-state index in [1.54, 1.807) is 7.11 Å². The highest BCUT2D eigenvalue weighted by Crippen LogP contribution is 2.21. The Morgan fingerprint density at radius 3 is 2.77 bits per heavy atom. The maximum absolute atomic E-state index is 5.25. The van der Waals surface area contributed by atoms with E-state index in [0.29, 0.717) is 0 Å². The first-order valence-corrected chi connectivity index (χ1v) is 7.58. The van der Waals surface area contributed by atoms with E-state index in [1.807, 2.05) is 24.4 Å². The Morgan fingerprint density at radius 2 is 2.05 bits per heavy atom. The van der Waals surface area contributed by atoms with Crippen LogP contribution in [0, 0.1) is 0 Å². The summed E-state index contributed by atoms with van der Waals surface area (Å²) in [6, 6.07) is 12.4. The third kappa shape index (κ3) is 3.28. The summed E-state index contributed by atoms with van der Waals surface area (Å²) >= 11 is 0. The smallest absolute Gasteiger partial charge is 0.119 e. The van der Waals surface area contributed by atoms with Crippen molar-refractivity contribution in [3.8, 4) is 5.75 Å². The Kier molecular flexibility index (Phi) is 4.39. The molecule has 0 radical (unpaired) electrons. The molecular weight excluding hydrogens is 274 g/mol. The molecular formula is C18H21N3O. The lowest BCUT2D eigenvalue weighted by Crippen LogP contribution is -2.13. The summed E-state index contributed by atoms with van der Waals surface area (Å²) in [5.41, 5.74) is 4.62. The molecule has 0 fully saturated rings. The molecule has 2 N–H and O–H groups in total. The van der Waals surface area contributed by atoms with Gasteiger partial charge in [-0.3, -0.25) is 4.98 Å². The number of hydrogen-bond acceptors (Lipinski definition) is 3. The molecule has 0 spiro atoms. The summed E-state index contributed by atoms with van der Waals surface area (Å²) in [5.74, 6) is 0.881. The van der Waals surface area contributed by atoms with Crippen molar-refractivity contribution in [2.24, 2.45) is 0 Å². The van der Waals surface area contributed by atoms with Gasteiger partial charge in [-0.1, -0.05) is 13.0 Å². The van der Waals surface area contributed by atoms with Crippen molar-refractivity contribution in [1.82, 2.24) is 15.3 Å². The molecule has 2 heterocycles. The number of pyridine rings is 1. The Morgan fingerprint density at radius 1 is 1.14 bits per heavy atom. The Hall–Kier alpha value is -2.33. The minimum atomic E-state index is 0.767. The summed E-state index contributed by atoms with van der Waals surface area (Å²) in [4.78, 5) is 7.87. The zero-order valence-corrected chi connectivity index (χ0v) is 13.0. The number of ether oxygens (including phenoxy) is 1. The average Bonchev–Trinajstić information content (AvgIpc) is 2.97. The van der Waals surface area contributed by atoms with Gasteiger partial charge >= 0.3 is 0 Å². The van der Waals surface area contributed by atoms with Crippen molar-refractivity contribution >= 4 is 10.9 Å². The molecule has 4 heteroatoms. The monoisotopic (exact) mass is 295 g/mol. The fraction of sp³-hybridized carbons (Fsp3) is 0.278. The molecule has 4 nitrogen and oxygen atoms in total. The lowest BCUT2D eigenvalue weighted by Gasteiger charge is -2.03. The number of benzene rings is 1. The zero-order valence-electron chi connectivity index (χ0n) is 13.0. The zero-order chi connectivity index (χ0) is 15.4. The van der Waals surface area contributed by atoms with Crippen LogP contribution in [-0.2, 0) is 19.5 Å². The highest BCUT2D eigenvalue weighted by molar-refractivity contribution is 5.81. The second-order valence-electron chi connectivity index (χ2n) is 5.36. The normalized spacial score (nSPS) is 11.0. The van der Waals surface area contributed by atoms with Crippen molar-refractivity contribution in [1.29, 1.82) is 0 Å². The van der Waals surface area contributed by atoms with Gasteiger partial charge in [-0.15, -0.1) is 0 Å². The van der Waals surface area contributed by atoms with E-state index in [4.69, 9.17) is 4.74 Å². The largest absolute Gasteiger partial charge is 0.497 e. The van der Waals surface area contributed by atoms with Crippen LogP contribution in [0.4, 0.5) is 0 Å². The molecule has 0 unspecified atom stereocenters. The average molecular weight is 295 g/mol. The first kappa shape index (κ1) is 14.6. The van der Waals surface area contributed by atoms with E-state index in [2.05, 4.69) is 40.4 Å². The van der Waals surface area contributed by atoms with Crippen LogP contribution < -0.4 is 10.1 Å². The molecule has 0 atom stereocenters. The number of methoxy groups -OCH3 is 1. The van der Waals surface area contributed by atoms with Crippen molar-refractivity contribution in [2.45, 2.75) is 26.4 Å². The van der Waals surface area contributed by atoms with E-state index in [-0.39, 0.29) is 0 Å². The molecule has 0 aliphatic heterocycles. The fourth-order valence-corrected chi connectivity index (χ4v) is 2.49. The highest BCUT2D eigenvalue weighted by atomic mass is 16.5. The number of fused-ring (bicyclic) bond motifs is 1. The summed E-state index contributed by atoms with van der Waals surface area (Å²) in [7, 11) is 1.69. The van der Waals surface area contributed by atoms with Crippen LogP contribution in [0.5, 0.6) is 5.75 Å². The molecule has 0 aliphatic rings. The minimum absolute atomic E-state index is 0.767. The van der Waals surface area contributed by atoms with Gasteiger partial charge in [0.25, 0.3) is 0 Å². The quantitative estimate of drug-likeness (QED) is 0.732. The second kappa shape index (κ2) is 6.62. The minimum Gasteiger partial charge on any atom is -0.497 e. The number of hydrogen-bond donors (Lipinski definition) is 2. The number of rotatable bonds is 6. The fourth-order valence-electron chi connectivity index (χ4n) is 2.49. The van der Waals surface area contributed by atoms with E-state index in [0.717, 1.165) is 42.2 Å². The van der Waals surface area contributed by atoms with Crippen molar-refractivity contribution in [2.75, 3.05) is 7.11 Å². The van der Waals surface area contributed by atoms with Gasteiger partial charge in [-0.05, 0) is 42.3 Å². The number of aryl methyl sites for hydroxylation is 1. The second-order valence-corrected chi connectivity index (χ2v) is 5.36. The molecule has 0 saturated carbocycles. The van der Waals surface area contributed by atoms with Crippen LogP contribution in [0.25, 0.3) is 10.9 Å². The third-order valence-corrected chi connectivity index (χ3v) is 3.80. The number of nitrogens with zero attached hydrogens (tertiary/aromatic N) is 1. The molecule has 0 aliphatic carbocycles. The molecule has 2 aromatic heterocycles. The van der Waals surface area contributed by atoms with Crippen LogP contribution in [0.1, 0.15) is 23.9 Å². The van der Waals surface area contributed by atoms with Crippen LogP contribution in [0.3, 0.4) is 0 Å². The van der Waals surface area contributed by atoms with Crippen molar-refractivity contribution in [3.05, 3.63) is 59.5 Å². The van der Waals surface area contributed by atoms with Crippen LogP contribution >= 0.6 is 0 Å². The Bertz CT molecular complexity index is 747. The van der Waals surface area contributed by atoms with E-state index < -0.39 is 0 Å². The lowest BCUT2D eigenvalue weighted by molar-refractivity contribution is 0.415. The molecule has 0 amide bonds. The van der Waals surface area contributed by atoms with Gasteiger partial charge in [-0.25, -0.2) is 0 Å². The molecule has 1 aromatic carbocycles. The Labute approximate surface area is 130 Å². The van der Waals surface area contributed by atoms with Gasteiger partial charge < -0.3 is 15.0 Å². The van der Waals surface area contributed by atoms with Crippen molar-refractivity contribution in [3.63, 3.8) is 0 Å². The van der Waals surface area contributed by atoms with Gasteiger partial charge in [0.05, 0.1) is 12.8 Å². The van der Waals surface area contributed by atoms with Crippen LogP contribution in [0.15, 0.2) is 42.6 Å². The topological polar surface area (TPSA) is 49.9 Å². The SMILES string of the molecule is CCc1ccc(CNCc2cc3cc(OC)ccc3[nH]2)nc1. The van der Waals surface area contributed by atoms with E-state index >= 15 is 0 Å². The summed E-state index contributed by atoms with van der Waals surface area (Å²) in [6.07, 6.45) is 2.98. The maximum atomic E-state index is 5.25.